The first kappa shape index (κ1) is 16.3. The van der Waals surface area contributed by atoms with Crippen molar-refractivity contribution in [2.45, 2.75) is 26.2 Å². The minimum atomic E-state index is 0.0497. The molecule has 0 unspecified atom stereocenters. The van der Waals surface area contributed by atoms with Crippen LogP contribution in [0.5, 0.6) is 0 Å². The fourth-order valence-electron chi connectivity index (χ4n) is 2.66. The standard InChI is InChI=1S/C18H24N2O2/c1-15(21)20-13-10-17(11-14-20)18(22)19-12-6-5-9-16-7-3-2-4-8-16/h2-5,7-9,17H,6,10-14H2,1H3,(H,19,22)/b9-5+. The molecule has 22 heavy (non-hydrogen) atoms. The van der Waals surface area contributed by atoms with E-state index in [2.05, 4.69) is 29.6 Å². The average molecular weight is 300 g/mol. The molecule has 0 aromatic heterocycles. The van der Waals surface area contributed by atoms with Crippen LogP contribution in [0.15, 0.2) is 36.4 Å². The van der Waals surface area contributed by atoms with Crippen molar-refractivity contribution in [3.05, 3.63) is 42.0 Å². The van der Waals surface area contributed by atoms with Crippen LogP contribution in [0, 0.1) is 5.92 Å². The molecular formula is C18H24N2O2. The summed E-state index contributed by atoms with van der Waals surface area (Å²) in [4.78, 5) is 25.1. The zero-order chi connectivity index (χ0) is 15.8. The van der Waals surface area contributed by atoms with Crippen molar-refractivity contribution in [3.8, 4) is 0 Å². The maximum absolute atomic E-state index is 12.1. The summed E-state index contributed by atoms with van der Waals surface area (Å²) in [6, 6.07) is 10.1. The molecule has 0 saturated carbocycles. The number of benzene rings is 1. The molecule has 1 heterocycles. The molecule has 0 spiro atoms. The van der Waals surface area contributed by atoms with E-state index in [1.807, 2.05) is 23.1 Å². The third-order valence-corrected chi connectivity index (χ3v) is 4.03. The third kappa shape index (κ3) is 5.02. The lowest BCUT2D eigenvalue weighted by Gasteiger charge is -2.30. The molecule has 4 heteroatoms. The van der Waals surface area contributed by atoms with Gasteiger partial charge in [-0.15, -0.1) is 0 Å². The summed E-state index contributed by atoms with van der Waals surface area (Å²) in [7, 11) is 0. The largest absolute Gasteiger partial charge is 0.356 e. The average Bonchev–Trinajstić information content (AvgIpc) is 2.55. The van der Waals surface area contributed by atoms with Crippen molar-refractivity contribution in [2.75, 3.05) is 19.6 Å². The lowest BCUT2D eigenvalue weighted by molar-refractivity contribution is -0.133. The second kappa shape index (κ2) is 8.37. The molecule has 0 aliphatic carbocycles. The van der Waals surface area contributed by atoms with Crippen molar-refractivity contribution in [1.82, 2.24) is 10.2 Å². The molecule has 0 bridgehead atoms. The Balaban J connectivity index is 1.64. The molecular weight excluding hydrogens is 276 g/mol. The van der Waals surface area contributed by atoms with Gasteiger partial charge in [0.2, 0.25) is 11.8 Å². The van der Waals surface area contributed by atoms with Crippen LogP contribution in [0.1, 0.15) is 31.7 Å². The monoisotopic (exact) mass is 300 g/mol. The Hall–Kier alpha value is -2.10. The number of rotatable bonds is 5. The van der Waals surface area contributed by atoms with Gasteiger partial charge in [-0.2, -0.15) is 0 Å². The van der Waals surface area contributed by atoms with Gasteiger partial charge in [0.1, 0.15) is 0 Å². The third-order valence-electron chi connectivity index (χ3n) is 4.03. The number of nitrogens with zero attached hydrogens (tertiary/aromatic N) is 1. The summed E-state index contributed by atoms with van der Waals surface area (Å²) in [6.45, 7) is 3.64. The predicted octanol–water partition coefficient (Wildman–Crippen LogP) is 2.46. The highest BCUT2D eigenvalue weighted by Gasteiger charge is 2.25. The normalized spacial score (nSPS) is 16.0. The van der Waals surface area contributed by atoms with Crippen LogP contribution in [0.3, 0.4) is 0 Å². The Morgan fingerprint density at radius 3 is 2.55 bits per heavy atom. The van der Waals surface area contributed by atoms with Crippen LogP contribution in [-0.4, -0.2) is 36.3 Å². The zero-order valence-corrected chi connectivity index (χ0v) is 13.1. The van der Waals surface area contributed by atoms with Crippen LogP contribution in [0.4, 0.5) is 0 Å². The van der Waals surface area contributed by atoms with Gasteiger partial charge in [0, 0.05) is 32.5 Å². The Morgan fingerprint density at radius 2 is 1.91 bits per heavy atom. The lowest BCUT2D eigenvalue weighted by atomic mass is 9.96. The van der Waals surface area contributed by atoms with Crippen molar-refractivity contribution in [2.24, 2.45) is 5.92 Å². The van der Waals surface area contributed by atoms with E-state index in [4.69, 9.17) is 0 Å². The van der Waals surface area contributed by atoms with Gasteiger partial charge in [0.05, 0.1) is 0 Å². The van der Waals surface area contributed by atoms with Crippen molar-refractivity contribution >= 4 is 17.9 Å². The van der Waals surface area contributed by atoms with Crippen LogP contribution in [0.2, 0.25) is 0 Å². The molecule has 4 nitrogen and oxygen atoms in total. The Morgan fingerprint density at radius 1 is 1.23 bits per heavy atom. The number of carbonyl (C=O) groups is 2. The summed E-state index contributed by atoms with van der Waals surface area (Å²) in [5, 5.41) is 2.99. The summed E-state index contributed by atoms with van der Waals surface area (Å²) in [5.74, 6) is 0.273. The van der Waals surface area contributed by atoms with Crippen LogP contribution in [0.25, 0.3) is 6.08 Å². The minimum absolute atomic E-state index is 0.0497. The van der Waals surface area contributed by atoms with E-state index in [0.717, 1.165) is 19.3 Å². The maximum Gasteiger partial charge on any atom is 0.223 e. The smallest absolute Gasteiger partial charge is 0.223 e. The number of carbonyl (C=O) groups excluding carboxylic acids is 2. The quantitative estimate of drug-likeness (QED) is 0.849. The topological polar surface area (TPSA) is 49.4 Å². The van der Waals surface area contributed by atoms with Gasteiger partial charge in [-0.25, -0.2) is 0 Å². The van der Waals surface area contributed by atoms with Gasteiger partial charge >= 0.3 is 0 Å². The molecule has 2 amide bonds. The zero-order valence-electron chi connectivity index (χ0n) is 13.1. The minimum Gasteiger partial charge on any atom is -0.356 e. The van der Waals surface area contributed by atoms with E-state index >= 15 is 0 Å². The molecule has 2 rings (SSSR count). The number of hydrogen-bond acceptors (Lipinski definition) is 2. The highest BCUT2D eigenvalue weighted by Crippen LogP contribution is 2.17. The number of nitrogens with one attached hydrogen (secondary N) is 1. The number of likely N-dealkylation sites (tertiary alicyclic amines) is 1. The van der Waals surface area contributed by atoms with E-state index < -0.39 is 0 Å². The summed E-state index contributed by atoms with van der Waals surface area (Å²) >= 11 is 0. The predicted molar refractivity (Wildman–Crippen MR) is 88.1 cm³/mol. The van der Waals surface area contributed by atoms with Crippen molar-refractivity contribution in [3.63, 3.8) is 0 Å². The highest BCUT2D eigenvalue weighted by atomic mass is 16.2. The molecule has 0 radical (unpaired) electrons. The molecule has 1 aromatic rings. The second-order valence-corrected chi connectivity index (χ2v) is 5.67. The first-order valence-electron chi connectivity index (χ1n) is 7.91. The lowest BCUT2D eigenvalue weighted by Crippen LogP contribution is -2.42. The fraction of sp³-hybridized carbons (Fsp3) is 0.444. The van der Waals surface area contributed by atoms with Gasteiger partial charge in [-0.3, -0.25) is 9.59 Å². The van der Waals surface area contributed by atoms with Gasteiger partial charge in [0.15, 0.2) is 0 Å². The summed E-state index contributed by atoms with van der Waals surface area (Å²) in [6.07, 6.45) is 6.51. The molecule has 1 aliphatic heterocycles. The first-order valence-corrected chi connectivity index (χ1v) is 7.91. The van der Waals surface area contributed by atoms with Crippen LogP contribution >= 0.6 is 0 Å². The number of hydrogen-bond donors (Lipinski definition) is 1. The second-order valence-electron chi connectivity index (χ2n) is 5.67. The van der Waals surface area contributed by atoms with Crippen molar-refractivity contribution < 1.29 is 9.59 Å². The Kier molecular flexibility index (Phi) is 6.19. The fourth-order valence-corrected chi connectivity index (χ4v) is 2.66. The molecule has 0 atom stereocenters. The number of amides is 2. The van der Waals surface area contributed by atoms with Gasteiger partial charge in [-0.1, -0.05) is 42.5 Å². The van der Waals surface area contributed by atoms with Crippen LogP contribution in [-0.2, 0) is 9.59 Å². The van der Waals surface area contributed by atoms with E-state index in [9.17, 15) is 9.59 Å². The van der Waals surface area contributed by atoms with E-state index in [-0.39, 0.29) is 17.7 Å². The molecule has 1 fully saturated rings. The summed E-state index contributed by atoms with van der Waals surface area (Å²) < 4.78 is 0. The molecule has 1 aliphatic rings. The van der Waals surface area contributed by atoms with Gasteiger partial charge in [0.25, 0.3) is 0 Å². The first-order chi connectivity index (χ1) is 10.7. The highest BCUT2D eigenvalue weighted by molar-refractivity contribution is 5.79. The van der Waals surface area contributed by atoms with Crippen LogP contribution < -0.4 is 5.32 Å². The molecule has 1 aromatic carbocycles. The van der Waals surface area contributed by atoms with E-state index in [0.29, 0.717) is 19.6 Å². The Bertz CT molecular complexity index is 517. The summed E-state index contributed by atoms with van der Waals surface area (Å²) in [5.41, 5.74) is 1.17. The molecule has 1 N–H and O–H groups in total. The van der Waals surface area contributed by atoms with Gasteiger partial charge < -0.3 is 10.2 Å². The van der Waals surface area contributed by atoms with E-state index in [1.165, 1.54) is 5.56 Å². The SMILES string of the molecule is CC(=O)N1CCC(C(=O)NCC/C=C/c2ccccc2)CC1. The molecule has 118 valence electrons. The van der Waals surface area contributed by atoms with Gasteiger partial charge in [-0.05, 0) is 24.8 Å². The number of piperidine rings is 1. The Labute approximate surface area is 132 Å². The van der Waals surface area contributed by atoms with Crippen molar-refractivity contribution in [1.29, 1.82) is 0 Å². The molecule has 1 saturated heterocycles. The maximum atomic E-state index is 12.1. The van der Waals surface area contributed by atoms with E-state index in [1.54, 1.807) is 6.92 Å².